The Morgan fingerprint density at radius 1 is 1.16 bits per heavy atom. The molecule has 0 aliphatic heterocycles. The number of aromatic nitrogens is 2. The van der Waals surface area contributed by atoms with E-state index in [0.717, 1.165) is 11.1 Å². The van der Waals surface area contributed by atoms with E-state index in [9.17, 15) is 14.9 Å². The molecule has 0 saturated heterocycles. The number of para-hydroxylation sites is 2. The van der Waals surface area contributed by atoms with Crippen LogP contribution in [0.1, 0.15) is 19.4 Å². The first kappa shape index (κ1) is 20.8. The van der Waals surface area contributed by atoms with Gasteiger partial charge in [-0.25, -0.2) is 9.48 Å². The summed E-state index contributed by atoms with van der Waals surface area (Å²) >= 11 is 0. The Kier molecular flexibility index (Phi) is 5.69. The highest BCUT2D eigenvalue weighted by molar-refractivity contribution is 6.02. The molecule has 0 aliphatic rings. The summed E-state index contributed by atoms with van der Waals surface area (Å²) in [5.74, 6) is -0.494. The molecule has 0 fully saturated rings. The monoisotopic (exact) mass is 424 g/mol. The van der Waals surface area contributed by atoms with Gasteiger partial charge in [-0.3, -0.25) is 4.79 Å². The predicted molar refractivity (Wildman–Crippen MR) is 122 cm³/mol. The number of benzene rings is 2. The molecule has 0 bridgehead atoms. The van der Waals surface area contributed by atoms with Crippen molar-refractivity contribution in [1.29, 1.82) is 5.26 Å². The molecule has 7 nitrogen and oxygen atoms in total. The molecule has 0 radical (unpaired) electrons. The minimum atomic E-state index is -0.554. The summed E-state index contributed by atoms with van der Waals surface area (Å²) in [6.07, 6.45) is 3.12. The highest BCUT2D eigenvalue weighted by atomic mass is 16.4. The average Bonchev–Trinajstić information content (AvgIpc) is 3.20. The van der Waals surface area contributed by atoms with Gasteiger partial charge in [-0.1, -0.05) is 36.4 Å². The van der Waals surface area contributed by atoms with Gasteiger partial charge in [0.1, 0.15) is 22.9 Å². The normalized spacial score (nSPS) is 11.5. The van der Waals surface area contributed by atoms with Gasteiger partial charge in [0.2, 0.25) is 0 Å². The minimum absolute atomic E-state index is 0.0854. The lowest BCUT2D eigenvalue weighted by atomic mass is 10.1. The Balaban J connectivity index is 1.92. The Morgan fingerprint density at radius 2 is 1.88 bits per heavy atom. The van der Waals surface area contributed by atoms with Gasteiger partial charge >= 0.3 is 5.63 Å². The summed E-state index contributed by atoms with van der Waals surface area (Å²) in [5.41, 5.74) is 1.61. The lowest BCUT2D eigenvalue weighted by Crippen LogP contribution is -2.30. The van der Waals surface area contributed by atoms with Crippen molar-refractivity contribution in [1.82, 2.24) is 15.1 Å². The number of nitrogens with one attached hydrogen (secondary N) is 1. The van der Waals surface area contributed by atoms with Crippen LogP contribution in [0.2, 0.25) is 0 Å². The topological polar surface area (TPSA) is 101 Å². The Morgan fingerprint density at radius 3 is 2.59 bits per heavy atom. The maximum atomic E-state index is 12.8. The molecule has 0 unspecified atom stereocenters. The van der Waals surface area contributed by atoms with Crippen molar-refractivity contribution >= 4 is 23.0 Å². The van der Waals surface area contributed by atoms with E-state index in [2.05, 4.69) is 10.4 Å². The standard InChI is InChI=1S/C25H20N4O3/c1-16(2)27-24(30)18(14-26)12-19-15-29(20-9-4-3-5-10-20)28-23(19)21-13-17-8-6-7-11-22(17)32-25(21)31/h3-13,15-16H,1-2H3,(H,27,30). The summed E-state index contributed by atoms with van der Waals surface area (Å²) in [6.45, 7) is 3.62. The summed E-state index contributed by atoms with van der Waals surface area (Å²) in [4.78, 5) is 25.2. The zero-order valence-corrected chi connectivity index (χ0v) is 17.6. The molecule has 4 rings (SSSR count). The first-order valence-electron chi connectivity index (χ1n) is 10.1. The van der Waals surface area contributed by atoms with Crippen LogP contribution < -0.4 is 10.9 Å². The van der Waals surface area contributed by atoms with Gasteiger partial charge in [0.15, 0.2) is 0 Å². The highest BCUT2D eigenvalue weighted by Crippen LogP contribution is 2.26. The summed E-state index contributed by atoms with van der Waals surface area (Å²) in [5, 5.41) is 17.6. The van der Waals surface area contributed by atoms with Crippen molar-refractivity contribution in [3.63, 3.8) is 0 Å². The van der Waals surface area contributed by atoms with Crippen LogP contribution in [-0.2, 0) is 4.79 Å². The van der Waals surface area contributed by atoms with E-state index in [1.165, 1.54) is 6.08 Å². The van der Waals surface area contributed by atoms with Gasteiger partial charge in [0.25, 0.3) is 5.91 Å². The van der Waals surface area contributed by atoms with Crippen LogP contribution in [0.3, 0.4) is 0 Å². The molecule has 2 aromatic carbocycles. The van der Waals surface area contributed by atoms with Crippen LogP contribution in [0, 0.1) is 11.3 Å². The number of carbonyl (C=O) groups excluding carboxylic acids is 1. The van der Waals surface area contributed by atoms with Crippen LogP contribution in [0.15, 0.2) is 81.6 Å². The fraction of sp³-hybridized carbons (Fsp3) is 0.120. The molecule has 0 aliphatic carbocycles. The number of nitriles is 1. The fourth-order valence-electron chi connectivity index (χ4n) is 3.29. The lowest BCUT2D eigenvalue weighted by Gasteiger charge is -2.07. The molecule has 0 spiro atoms. The Labute approximate surface area is 184 Å². The zero-order valence-electron chi connectivity index (χ0n) is 17.6. The molecule has 2 heterocycles. The van der Waals surface area contributed by atoms with Crippen molar-refractivity contribution in [3.05, 3.63) is 88.4 Å². The zero-order chi connectivity index (χ0) is 22.7. The summed E-state index contributed by atoms with van der Waals surface area (Å²) in [7, 11) is 0. The molecule has 0 saturated carbocycles. The van der Waals surface area contributed by atoms with Gasteiger partial charge in [-0.15, -0.1) is 0 Å². The molecule has 32 heavy (non-hydrogen) atoms. The number of fused-ring (bicyclic) bond motifs is 1. The third-order valence-corrected chi connectivity index (χ3v) is 4.74. The number of amides is 1. The van der Waals surface area contributed by atoms with Gasteiger partial charge in [-0.05, 0) is 44.2 Å². The predicted octanol–water partition coefficient (Wildman–Crippen LogP) is 4.08. The maximum absolute atomic E-state index is 12.8. The molecule has 7 heteroatoms. The van der Waals surface area contributed by atoms with E-state index >= 15 is 0 Å². The van der Waals surface area contributed by atoms with E-state index in [1.807, 2.05) is 62.4 Å². The second-order valence-electron chi connectivity index (χ2n) is 7.50. The molecular weight excluding hydrogens is 404 g/mol. The van der Waals surface area contributed by atoms with Crippen molar-refractivity contribution < 1.29 is 9.21 Å². The van der Waals surface area contributed by atoms with Crippen molar-refractivity contribution in [2.45, 2.75) is 19.9 Å². The molecule has 158 valence electrons. The van der Waals surface area contributed by atoms with Crippen molar-refractivity contribution in [2.24, 2.45) is 0 Å². The van der Waals surface area contributed by atoms with Crippen molar-refractivity contribution in [3.8, 4) is 23.0 Å². The van der Waals surface area contributed by atoms with Gasteiger partial charge in [-0.2, -0.15) is 10.4 Å². The fourth-order valence-corrected chi connectivity index (χ4v) is 3.29. The maximum Gasteiger partial charge on any atom is 0.345 e. The van der Waals surface area contributed by atoms with E-state index in [4.69, 9.17) is 4.42 Å². The Hall–Kier alpha value is -4.44. The molecule has 1 amide bonds. The van der Waals surface area contributed by atoms with E-state index in [1.54, 1.807) is 29.1 Å². The number of carbonyl (C=O) groups is 1. The lowest BCUT2D eigenvalue weighted by molar-refractivity contribution is -0.117. The number of rotatable bonds is 5. The second kappa shape index (κ2) is 8.74. The van der Waals surface area contributed by atoms with E-state index in [0.29, 0.717) is 16.8 Å². The van der Waals surface area contributed by atoms with Crippen LogP contribution >= 0.6 is 0 Å². The largest absolute Gasteiger partial charge is 0.422 e. The first-order valence-corrected chi connectivity index (χ1v) is 10.1. The van der Waals surface area contributed by atoms with E-state index in [-0.39, 0.29) is 17.2 Å². The van der Waals surface area contributed by atoms with Gasteiger partial charge in [0, 0.05) is 23.2 Å². The summed E-state index contributed by atoms with van der Waals surface area (Å²) < 4.78 is 7.08. The number of hydrogen-bond acceptors (Lipinski definition) is 5. The van der Waals surface area contributed by atoms with Crippen LogP contribution in [0.4, 0.5) is 0 Å². The van der Waals surface area contributed by atoms with E-state index < -0.39 is 11.5 Å². The van der Waals surface area contributed by atoms with Gasteiger partial charge in [0.05, 0.1) is 11.3 Å². The molecular formula is C25H20N4O3. The van der Waals surface area contributed by atoms with Crippen molar-refractivity contribution in [2.75, 3.05) is 0 Å². The highest BCUT2D eigenvalue weighted by Gasteiger charge is 2.18. The number of nitrogens with zero attached hydrogens (tertiary/aromatic N) is 3. The third kappa shape index (κ3) is 4.20. The van der Waals surface area contributed by atoms with Gasteiger partial charge < -0.3 is 9.73 Å². The first-order chi connectivity index (χ1) is 15.5. The molecule has 1 N–H and O–H groups in total. The number of hydrogen-bond donors (Lipinski definition) is 1. The third-order valence-electron chi connectivity index (χ3n) is 4.74. The minimum Gasteiger partial charge on any atom is -0.422 e. The SMILES string of the molecule is CC(C)NC(=O)C(C#N)=Cc1cn(-c2ccccc2)nc1-c1cc2ccccc2oc1=O. The summed E-state index contributed by atoms with van der Waals surface area (Å²) in [6, 6.07) is 20.1. The van der Waals surface area contributed by atoms with Crippen LogP contribution in [0.25, 0.3) is 34.0 Å². The molecule has 0 atom stereocenters. The smallest absolute Gasteiger partial charge is 0.345 e. The van der Waals surface area contributed by atoms with Crippen LogP contribution in [-0.4, -0.2) is 21.7 Å². The van der Waals surface area contributed by atoms with Crippen LogP contribution in [0.5, 0.6) is 0 Å². The quantitative estimate of drug-likeness (QED) is 0.296. The molecule has 2 aromatic heterocycles. The second-order valence-corrected chi connectivity index (χ2v) is 7.50. The molecule has 4 aromatic rings. The average molecular weight is 424 g/mol. The Bertz CT molecular complexity index is 1420.